The van der Waals surface area contributed by atoms with Gasteiger partial charge in [0.15, 0.2) is 0 Å². The van der Waals surface area contributed by atoms with E-state index in [2.05, 4.69) is 19.9 Å². The quantitative estimate of drug-likeness (QED) is 0.528. The fourth-order valence-electron chi connectivity index (χ4n) is 4.87. The van der Waals surface area contributed by atoms with Gasteiger partial charge in [-0.25, -0.2) is 0 Å². The second-order valence-corrected chi connectivity index (χ2v) is 7.14. The number of hydrogen-bond donors (Lipinski definition) is 1. The molecule has 1 saturated carbocycles. The Labute approximate surface area is 108 Å². The summed E-state index contributed by atoms with van der Waals surface area (Å²) in [4.78, 5) is 0. The highest BCUT2D eigenvalue weighted by molar-refractivity contribution is 5.30. The zero-order valence-electron chi connectivity index (χ0n) is 11.4. The van der Waals surface area contributed by atoms with Crippen LogP contribution in [-0.4, -0.2) is 35.6 Å². The summed E-state index contributed by atoms with van der Waals surface area (Å²) in [5.41, 5.74) is 1.16. The molecule has 0 aromatic rings. The van der Waals surface area contributed by atoms with Crippen molar-refractivity contribution in [3.8, 4) is 0 Å². The molecule has 3 heteroatoms. The van der Waals surface area contributed by atoms with E-state index in [1.54, 1.807) is 0 Å². The lowest BCUT2D eigenvalue weighted by Gasteiger charge is -2.57. The Morgan fingerprint density at radius 3 is 2.78 bits per heavy atom. The molecule has 0 radical (unpaired) electrons. The lowest BCUT2D eigenvalue weighted by Crippen LogP contribution is -2.62. The number of aliphatic hydroxyl groups excluding tert-OH is 1. The molecule has 0 amide bonds. The van der Waals surface area contributed by atoms with Crippen LogP contribution < -0.4 is 0 Å². The smallest absolute Gasteiger partial charge is 0.124 e. The summed E-state index contributed by atoms with van der Waals surface area (Å²) >= 11 is 0. The van der Waals surface area contributed by atoms with E-state index in [9.17, 15) is 5.11 Å². The molecule has 1 N–H and O–H groups in total. The van der Waals surface area contributed by atoms with Crippen LogP contribution in [0.15, 0.2) is 11.6 Å². The van der Waals surface area contributed by atoms with Gasteiger partial charge in [0.25, 0.3) is 0 Å². The molecule has 18 heavy (non-hydrogen) atoms. The molecule has 100 valence electrons. The number of fused-ring (bicyclic) bond motifs is 2. The molecule has 2 heterocycles. The van der Waals surface area contributed by atoms with Gasteiger partial charge in [-0.15, -0.1) is 0 Å². The number of hydrogen-bond acceptors (Lipinski definition) is 3. The SMILES string of the molecule is CC1=C[C@@H]2O[C@H]3CC[C@@](C)([C@]2(C)C[C@@H]1O)[C@@]31CO1. The fraction of sp³-hybridized carbons (Fsp3) is 0.867. The first-order valence-electron chi connectivity index (χ1n) is 7.09. The Kier molecular flexibility index (Phi) is 1.92. The summed E-state index contributed by atoms with van der Waals surface area (Å²) in [6.07, 6.45) is 5.30. The van der Waals surface area contributed by atoms with Crippen molar-refractivity contribution in [1.29, 1.82) is 0 Å². The molecule has 0 aromatic carbocycles. The van der Waals surface area contributed by atoms with Crippen LogP contribution in [0.3, 0.4) is 0 Å². The van der Waals surface area contributed by atoms with Crippen LogP contribution >= 0.6 is 0 Å². The molecule has 2 aliphatic carbocycles. The van der Waals surface area contributed by atoms with Gasteiger partial charge in [0.1, 0.15) is 5.60 Å². The normalized spacial score (nSPS) is 61.6. The molecular weight excluding hydrogens is 228 g/mol. The molecule has 2 aliphatic heterocycles. The maximum absolute atomic E-state index is 10.2. The highest BCUT2D eigenvalue weighted by atomic mass is 16.6. The van der Waals surface area contributed by atoms with E-state index in [4.69, 9.17) is 9.47 Å². The van der Waals surface area contributed by atoms with Gasteiger partial charge in [0.2, 0.25) is 0 Å². The molecule has 0 aromatic heterocycles. The van der Waals surface area contributed by atoms with E-state index in [1.807, 2.05) is 6.92 Å². The average Bonchev–Trinajstić information content (AvgIpc) is 3.05. The first-order valence-corrected chi connectivity index (χ1v) is 7.09. The maximum atomic E-state index is 10.2. The zero-order chi connectivity index (χ0) is 12.8. The van der Waals surface area contributed by atoms with Crippen molar-refractivity contribution in [1.82, 2.24) is 0 Å². The van der Waals surface area contributed by atoms with Crippen molar-refractivity contribution in [2.45, 2.75) is 63.9 Å². The van der Waals surface area contributed by atoms with E-state index >= 15 is 0 Å². The number of epoxide rings is 1. The number of ether oxygens (including phenoxy) is 2. The van der Waals surface area contributed by atoms with E-state index in [0.29, 0.717) is 0 Å². The third kappa shape index (κ3) is 1.01. The van der Waals surface area contributed by atoms with Gasteiger partial charge in [-0.1, -0.05) is 19.9 Å². The molecule has 4 aliphatic rings. The molecule has 3 nitrogen and oxygen atoms in total. The second kappa shape index (κ2) is 3.02. The third-order valence-corrected chi connectivity index (χ3v) is 6.57. The van der Waals surface area contributed by atoms with Crippen molar-refractivity contribution in [2.24, 2.45) is 10.8 Å². The zero-order valence-corrected chi connectivity index (χ0v) is 11.4. The molecule has 1 spiro atoms. The van der Waals surface area contributed by atoms with Crippen LogP contribution in [0.2, 0.25) is 0 Å². The van der Waals surface area contributed by atoms with E-state index in [-0.39, 0.29) is 34.7 Å². The van der Waals surface area contributed by atoms with Crippen molar-refractivity contribution in [3.63, 3.8) is 0 Å². The Hall–Kier alpha value is -0.380. The van der Waals surface area contributed by atoms with Gasteiger partial charge in [-0.05, 0) is 31.8 Å². The first-order chi connectivity index (χ1) is 8.43. The minimum absolute atomic E-state index is 0.00454. The van der Waals surface area contributed by atoms with Crippen LogP contribution in [0.25, 0.3) is 0 Å². The Bertz CT molecular complexity index is 439. The second-order valence-electron chi connectivity index (χ2n) is 7.14. The monoisotopic (exact) mass is 250 g/mol. The van der Waals surface area contributed by atoms with Gasteiger partial charge >= 0.3 is 0 Å². The topological polar surface area (TPSA) is 42.0 Å². The summed E-state index contributed by atoms with van der Waals surface area (Å²) < 4.78 is 12.2. The van der Waals surface area contributed by atoms with Crippen molar-refractivity contribution in [2.75, 3.05) is 6.61 Å². The lowest BCUT2D eigenvalue weighted by atomic mass is 9.52. The fourth-order valence-corrected chi connectivity index (χ4v) is 4.87. The maximum Gasteiger partial charge on any atom is 0.124 e. The van der Waals surface area contributed by atoms with Gasteiger partial charge < -0.3 is 14.6 Å². The molecule has 3 fully saturated rings. The molecule has 6 atom stereocenters. The predicted molar refractivity (Wildman–Crippen MR) is 67.2 cm³/mol. The van der Waals surface area contributed by atoms with Crippen molar-refractivity contribution >= 4 is 0 Å². The van der Waals surface area contributed by atoms with Crippen molar-refractivity contribution < 1.29 is 14.6 Å². The summed E-state index contributed by atoms with van der Waals surface area (Å²) in [7, 11) is 0. The highest BCUT2D eigenvalue weighted by Crippen LogP contribution is 2.71. The van der Waals surface area contributed by atoms with Gasteiger partial charge in [0, 0.05) is 10.8 Å². The van der Waals surface area contributed by atoms with Gasteiger partial charge in [-0.2, -0.15) is 0 Å². The summed E-state index contributed by atoms with van der Waals surface area (Å²) in [6.45, 7) is 7.50. The Morgan fingerprint density at radius 2 is 2.11 bits per heavy atom. The van der Waals surface area contributed by atoms with Gasteiger partial charge in [0.05, 0.1) is 24.9 Å². The molecule has 0 unspecified atom stereocenters. The van der Waals surface area contributed by atoms with Crippen LogP contribution in [-0.2, 0) is 9.47 Å². The minimum atomic E-state index is -0.320. The average molecular weight is 250 g/mol. The summed E-state index contributed by atoms with van der Waals surface area (Å²) in [6, 6.07) is 0. The third-order valence-electron chi connectivity index (χ3n) is 6.57. The van der Waals surface area contributed by atoms with Crippen LogP contribution in [0.4, 0.5) is 0 Å². The first kappa shape index (κ1) is 11.4. The van der Waals surface area contributed by atoms with E-state index in [0.717, 1.165) is 31.4 Å². The Morgan fingerprint density at radius 1 is 1.39 bits per heavy atom. The molecule has 2 saturated heterocycles. The van der Waals surface area contributed by atoms with Gasteiger partial charge in [-0.3, -0.25) is 0 Å². The van der Waals surface area contributed by atoms with Crippen molar-refractivity contribution in [3.05, 3.63) is 11.6 Å². The summed E-state index contributed by atoms with van der Waals surface area (Å²) in [5, 5.41) is 10.2. The van der Waals surface area contributed by atoms with Crippen LogP contribution in [0, 0.1) is 10.8 Å². The number of aliphatic hydroxyl groups is 1. The summed E-state index contributed by atoms with van der Waals surface area (Å²) in [5.74, 6) is 0. The minimum Gasteiger partial charge on any atom is -0.389 e. The van der Waals surface area contributed by atoms with E-state index < -0.39 is 0 Å². The molecule has 4 rings (SSSR count). The number of rotatable bonds is 0. The standard InChI is InChI=1S/C15H22O3/c1-9-6-12-13(2,7-10(9)16)14(3)5-4-11(18-12)15(14)8-17-15/h6,10-12,16H,4-5,7-8H2,1-3H3/t10-,11-,12-,13+,14-,15+/m0/s1. The predicted octanol–water partition coefficient (Wildman–Crippen LogP) is 2.04. The Balaban J connectivity index is 1.85. The molecular formula is C15H22O3. The van der Waals surface area contributed by atoms with E-state index in [1.165, 1.54) is 0 Å². The van der Waals surface area contributed by atoms with Crippen LogP contribution in [0.5, 0.6) is 0 Å². The largest absolute Gasteiger partial charge is 0.389 e. The highest BCUT2D eigenvalue weighted by Gasteiger charge is 2.77. The molecule has 2 bridgehead atoms. The lowest BCUT2D eigenvalue weighted by molar-refractivity contribution is -0.198. The van der Waals surface area contributed by atoms with Crippen LogP contribution in [0.1, 0.15) is 40.0 Å².